The fourth-order valence-corrected chi connectivity index (χ4v) is 2.27. The van der Waals surface area contributed by atoms with Crippen molar-refractivity contribution in [1.29, 1.82) is 0 Å². The Balaban J connectivity index is 2.33. The van der Waals surface area contributed by atoms with Crippen LogP contribution >= 0.6 is 0 Å². The molecule has 0 aliphatic heterocycles. The van der Waals surface area contributed by atoms with Crippen LogP contribution in [-0.2, 0) is 4.74 Å². The standard InChI is InChI=1S/C13H25NO2/c1-5-10-7-6-8-11(9-10)14-12(15)16-13(2,3)4/h10-11H,5-9H2,1-4H3,(H,14,15)/t10-,11-/m0/s1. The van der Waals surface area contributed by atoms with Crippen molar-refractivity contribution in [1.82, 2.24) is 5.32 Å². The normalized spacial score (nSPS) is 26.2. The molecule has 0 bridgehead atoms. The van der Waals surface area contributed by atoms with Crippen LogP contribution in [0, 0.1) is 5.92 Å². The number of carbonyl (C=O) groups excluding carboxylic acids is 1. The maximum atomic E-state index is 11.6. The summed E-state index contributed by atoms with van der Waals surface area (Å²) in [6.07, 6.45) is 5.68. The van der Waals surface area contributed by atoms with Crippen LogP contribution in [0.2, 0.25) is 0 Å². The summed E-state index contributed by atoms with van der Waals surface area (Å²) in [6, 6.07) is 0.313. The van der Waals surface area contributed by atoms with E-state index in [0.717, 1.165) is 18.8 Å². The Labute approximate surface area is 98.9 Å². The van der Waals surface area contributed by atoms with Crippen molar-refractivity contribution in [3.05, 3.63) is 0 Å². The molecule has 0 unspecified atom stereocenters. The third kappa shape index (κ3) is 4.86. The van der Waals surface area contributed by atoms with Crippen LogP contribution in [0.25, 0.3) is 0 Å². The van der Waals surface area contributed by atoms with Crippen molar-refractivity contribution in [2.45, 2.75) is 71.4 Å². The molecule has 1 aliphatic carbocycles. The second-order valence-electron chi connectivity index (χ2n) is 5.78. The van der Waals surface area contributed by atoms with Gasteiger partial charge in [0.25, 0.3) is 0 Å². The Morgan fingerprint density at radius 2 is 2.06 bits per heavy atom. The minimum absolute atomic E-state index is 0.269. The van der Waals surface area contributed by atoms with Crippen molar-refractivity contribution in [2.75, 3.05) is 0 Å². The molecule has 0 heterocycles. The number of hydrogen-bond donors (Lipinski definition) is 1. The summed E-state index contributed by atoms with van der Waals surface area (Å²) in [4.78, 5) is 11.6. The maximum absolute atomic E-state index is 11.6. The minimum Gasteiger partial charge on any atom is -0.444 e. The summed E-state index contributed by atoms with van der Waals surface area (Å²) >= 11 is 0. The molecule has 16 heavy (non-hydrogen) atoms. The lowest BCUT2D eigenvalue weighted by Crippen LogP contribution is -2.41. The van der Waals surface area contributed by atoms with Crippen LogP contribution in [0.15, 0.2) is 0 Å². The van der Waals surface area contributed by atoms with Crippen molar-refractivity contribution >= 4 is 6.09 Å². The van der Waals surface area contributed by atoms with Gasteiger partial charge in [-0.3, -0.25) is 0 Å². The number of amides is 1. The first-order valence-electron chi connectivity index (χ1n) is 6.40. The molecular weight excluding hydrogens is 202 g/mol. The molecule has 0 aromatic carbocycles. The Morgan fingerprint density at radius 3 is 2.62 bits per heavy atom. The fraction of sp³-hybridized carbons (Fsp3) is 0.923. The number of carbonyl (C=O) groups is 1. The number of alkyl carbamates (subject to hydrolysis) is 1. The molecular formula is C13H25NO2. The number of hydrogen-bond acceptors (Lipinski definition) is 2. The second-order valence-corrected chi connectivity index (χ2v) is 5.78. The molecule has 0 spiro atoms. The van der Waals surface area contributed by atoms with E-state index in [2.05, 4.69) is 12.2 Å². The predicted octanol–water partition coefficient (Wildman–Crippen LogP) is 3.48. The molecule has 1 saturated carbocycles. The van der Waals surface area contributed by atoms with Crippen LogP contribution in [0.1, 0.15) is 59.8 Å². The fourth-order valence-electron chi connectivity index (χ4n) is 2.27. The lowest BCUT2D eigenvalue weighted by atomic mass is 9.84. The zero-order valence-corrected chi connectivity index (χ0v) is 11.0. The van der Waals surface area contributed by atoms with Gasteiger partial charge in [0, 0.05) is 6.04 Å². The largest absolute Gasteiger partial charge is 0.444 e. The van der Waals surface area contributed by atoms with Crippen LogP contribution in [-0.4, -0.2) is 17.7 Å². The van der Waals surface area contributed by atoms with Gasteiger partial charge in [0.2, 0.25) is 0 Å². The molecule has 3 heteroatoms. The van der Waals surface area contributed by atoms with E-state index in [4.69, 9.17) is 4.74 Å². The van der Waals surface area contributed by atoms with E-state index in [1.54, 1.807) is 0 Å². The maximum Gasteiger partial charge on any atom is 0.407 e. The summed E-state index contributed by atoms with van der Waals surface area (Å²) in [6.45, 7) is 7.90. The molecule has 3 nitrogen and oxygen atoms in total. The van der Waals surface area contributed by atoms with E-state index in [0.29, 0.717) is 6.04 Å². The topological polar surface area (TPSA) is 38.3 Å². The molecule has 1 fully saturated rings. The summed E-state index contributed by atoms with van der Waals surface area (Å²) in [7, 11) is 0. The molecule has 1 N–H and O–H groups in total. The molecule has 0 aromatic heterocycles. The summed E-state index contributed by atoms with van der Waals surface area (Å²) < 4.78 is 5.26. The number of nitrogens with one attached hydrogen (secondary N) is 1. The lowest BCUT2D eigenvalue weighted by Gasteiger charge is -2.30. The quantitative estimate of drug-likeness (QED) is 0.784. The van der Waals surface area contributed by atoms with Gasteiger partial charge in [0.15, 0.2) is 0 Å². The van der Waals surface area contributed by atoms with Crippen LogP contribution in [0.4, 0.5) is 4.79 Å². The molecule has 2 atom stereocenters. The van der Waals surface area contributed by atoms with E-state index in [1.165, 1.54) is 19.3 Å². The average Bonchev–Trinajstić information content (AvgIpc) is 2.15. The molecule has 0 saturated heterocycles. The second kappa shape index (κ2) is 5.55. The minimum atomic E-state index is -0.400. The molecule has 0 radical (unpaired) electrons. The molecule has 1 rings (SSSR count). The third-order valence-corrected chi connectivity index (χ3v) is 3.08. The van der Waals surface area contributed by atoms with E-state index in [1.807, 2.05) is 20.8 Å². The number of rotatable bonds is 2. The monoisotopic (exact) mass is 227 g/mol. The highest BCUT2D eigenvalue weighted by Gasteiger charge is 2.24. The van der Waals surface area contributed by atoms with Crippen LogP contribution < -0.4 is 5.32 Å². The Kier molecular flexibility index (Phi) is 4.63. The Bertz CT molecular complexity index is 233. The van der Waals surface area contributed by atoms with Crippen molar-refractivity contribution in [2.24, 2.45) is 5.92 Å². The third-order valence-electron chi connectivity index (χ3n) is 3.08. The molecule has 0 aromatic rings. The van der Waals surface area contributed by atoms with E-state index in [-0.39, 0.29) is 6.09 Å². The number of ether oxygens (including phenoxy) is 1. The van der Waals surface area contributed by atoms with Gasteiger partial charge in [-0.1, -0.05) is 26.2 Å². The van der Waals surface area contributed by atoms with Gasteiger partial charge in [0.1, 0.15) is 5.60 Å². The first-order chi connectivity index (χ1) is 7.40. The first kappa shape index (κ1) is 13.3. The Hall–Kier alpha value is -0.730. The average molecular weight is 227 g/mol. The summed E-state index contributed by atoms with van der Waals surface area (Å²) in [5.41, 5.74) is -0.400. The smallest absolute Gasteiger partial charge is 0.407 e. The highest BCUT2D eigenvalue weighted by Crippen LogP contribution is 2.26. The highest BCUT2D eigenvalue weighted by atomic mass is 16.6. The summed E-state index contributed by atoms with van der Waals surface area (Å²) in [5.74, 6) is 0.772. The van der Waals surface area contributed by atoms with Gasteiger partial charge < -0.3 is 10.1 Å². The molecule has 94 valence electrons. The van der Waals surface area contributed by atoms with Gasteiger partial charge in [-0.05, 0) is 39.5 Å². The predicted molar refractivity (Wildman–Crippen MR) is 65.4 cm³/mol. The van der Waals surface area contributed by atoms with E-state index in [9.17, 15) is 4.79 Å². The van der Waals surface area contributed by atoms with Crippen molar-refractivity contribution in [3.8, 4) is 0 Å². The van der Waals surface area contributed by atoms with Crippen LogP contribution in [0.5, 0.6) is 0 Å². The first-order valence-corrected chi connectivity index (χ1v) is 6.40. The molecule has 1 aliphatic rings. The zero-order valence-electron chi connectivity index (χ0n) is 11.0. The van der Waals surface area contributed by atoms with Gasteiger partial charge in [-0.2, -0.15) is 0 Å². The molecule has 1 amide bonds. The van der Waals surface area contributed by atoms with Crippen molar-refractivity contribution in [3.63, 3.8) is 0 Å². The van der Waals surface area contributed by atoms with E-state index >= 15 is 0 Å². The van der Waals surface area contributed by atoms with Gasteiger partial charge in [0.05, 0.1) is 0 Å². The SMILES string of the molecule is CC[C@H]1CCC[C@H](NC(=O)OC(C)(C)C)C1. The Morgan fingerprint density at radius 1 is 1.38 bits per heavy atom. The highest BCUT2D eigenvalue weighted by molar-refractivity contribution is 5.68. The van der Waals surface area contributed by atoms with Gasteiger partial charge in [-0.25, -0.2) is 4.79 Å². The van der Waals surface area contributed by atoms with Gasteiger partial charge in [-0.15, -0.1) is 0 Å². The van der Waals surface area contributed by atoms with E-state index < -0.39 is 5.60 Å². The summed E-state index contributed by atoms with van der Waals surface area (Å²) in [5, 5.41) is 2.98. The van der Waals surface area contributed by atoms with Gasteiger partial charge >= 0.3 is 6.09 Å². The zero-order chi connectivity index (χ0) is 12.2. The van der Waals surface area contributed by atoms with Crippen molar-refractivity contribution < 1.29 is 9.53 Å². The van der Waals surface area contributed by atoms with Crippen LogP contribution in [0.3, 0.4) is 0 Å². The lowest BCUT2D eigenvalue weighted by molar-refractivity contribution is 0.0484.